The molecule has 172 valence electrons. The van der Waals surface area contributed by atoms with Crippen LogP contribution in [0.15, 0.2) is 41.4 Å². The number of aromatic nitrogens is 3. The van der Waals surface area contributed by atoms with Gasteiger partial charge in [-0.3, -0.25) is 0 Å². The van der Waals surface area contributed by atoms with Crippen LogP contribution in [0.5, 0.6) is 0 Å². The number of thiol groups is 1. The average molecular weight is 510 g/mol. The van der Waals surface area contributed by atoms with E-state index in [1.54, 1.807) is 18.2 Å². The fourth-order valence-corrected chi connectivity index (χ4v) is 6.94. The Balaban J connectivity index is 1.64. The Kier molecular flexibility index (Phi) is 6.69. The predicted molar refractivity (Wildman–Crippen MR) is 115 cm³/mol. The molecule has 1 aliphatic heterocycles. The Morgan fingerprint density at radius 2 is 1.78 bits per heavy atom. The van der Waals surface area contributed by atoms with E-state index in [0.717, 1.165) is 16.8 Å². The molecule has 1 saturated heterocycles. The summed E-state index contributed by atoms with van der Waals surface area (Å²) < 4.78 is 56.6. The number of halogens is 6. The third-order valence-corrected chi connectivity index (χ3v) is 9.10. The number of benzene rings is 2. The van der Waals surface area contributed by atoms with E-state index in [0.29, 0.717) is 9.92 Å². The Labute approximate surface area is 192 Å². The van der Waals surface area contributed by atoms with Crippen LogP contribution in [0.2, 0.25) is 10.0 Å². The van der Waals surface area contributed by atoms with Crippen LogP contribution < -0.4 is 0 Å². The summed E-state index contributed by atoms with van der Waals surface area (Å²) in [6.07, 6.45) is -1.68. The molecule has 12 heteroatoms. The summed E-state index contributed by atoms with van der Waals surface area (Å²) in [4.78, 5) is 0.685. The van der Waals surface area contributed by atoms with Crippen molar-refractivity contribution in [3.05, 3.63) is 64.0 Å². The van der Waals surface area contributed by atoms with Crippen LogP contribution >= 0.6 is 34.1 Å². The molecule has 0 amide bonds. The number of hydrogen-bond acceptors (Lipinski definition) is 4. The smallest absolute Gasteiger partial charge is 0.194 e. The largest absolute Gasteiger partial charge is 0.395 e. The second-order valence-corrected chi connectivity index (χ2v) is 10.6. The van der Waals surface area contributed by atoms with Crippen LogP contribution in [-0.4, -0.2) is 55.1 Å². The molecule has 1 fully saturated rings. The fourth-order valence-electron chi connectivity index (χ4n) is 3.80. The van der Waals surface area contributed by atoms with Crippen LogP contribution in [0.1, 0.15) is 6.04 Å². The molecule has 2 N–H and O–H groups in total. The lowest BCUT2D eigenvalue weighted by atomic mass is 10.0. The predicted octanol–water partition coefficient (Wildman–Crippen LogP) is 4.34. The number of aliphatic hydroxyl groups is 2. The van der Waals surface area contributed by atoms with Gasteiger partial charge >= 0.3 is 0 Å². The second-order valence-electron chi connectivity index (χ2n) is 7.34. The maximum atomic E-state index is 15.3. The lowest BCUT2D eigenvalue weighted by molar-refractivity contribution is 0.0398. The molecule has 1 unspecified atom stereocenters. The number of nitrogens with zero attached hydrogens (tertiary/aromatic N) is 3. The minimum Gasteiger partial charge on any atom is -0.395 e. The topological polar surface area (TPSA) is 71.2 Å². The Hall–Kier alpha value is -1.85. The van der Waals surface area contributed by atoms with Gasteiger partial charge in [0.1, 0.15) is 17.9 Å². The molecule has 5 nitrogen and oxygen atoms in total. The third-order valence-electron chi connectivity index (χ3n) is 5.40. The Morgan fingerprint density at radius 1 is 1.09 bits per heavy atom. The summed E-state index contributed by atoms with van der Waals surface area (Å²) in [5.74, 6) is -4.41. The second kappa shape index (κ2) is 9.18. The number of alkyl halides is 1. The van der Waals surface area contributed by atoms with E-state index in [-0.39, 0.29) is 22.0 Å². The quantitative estimate of drug-likeness (QED) is 0.278. The number of rotatable bonds is 4. The molecular formula is C20H17Cl2F4N3O2S. The molecule has 0 spiro atoms. The summed E-state index contributed by atoms with van der Waals surface area (Å²) in [5.41, 5.74) is -0.120. The van der Waals surface area contributed by atoms with Crippen LogP contribution in [0.25, 0.3) is 11.3 Å². The molecule has 4 rings (SSSR count). The highest BCUT2D eigenvalue weighted by molar-refractivity contribution is 8.17. The summed E-state index contributed by atoms with van der Waals surface area (Å²) in [6.45, 7) is -0.410. The van der Waals surface area contributed by atoms with Crippen molar-refractivity contribution < 1.29 is 27.8 Å². The maximum absolute atomic E-state index is 15.3. The van der Waals surface area contributed by atoms with Gasteiger partial charge in [0.05, 0.1) is 29.0 Å². The molecule has 0 bridgehead atoms. The summed E-state index contributed by atoms with van der Waals surface area (Å²) in [7, 11) is -1.32. The van der Waals surface area contributed by atoms with Crippen molar-refractivity contribution in [3.8, 4) is 11.3 Å². The first-order chi connectivity index (χ1) is 15.2. The van der Waals surface area contributed by atoms with Gasteiger partial charge in [-0.05, 0) is 35.2 Å². The zero-order chi connectivity index (χ0) is 23.2. The first-order valence-electron chi connectivity index (χ1n) is 9.42. The Bertz CT molecular complexity index is 1130. The molecule has 1 aliphatic rings. The number of aliphatic hydroxyl groups excluding tert-OH is 2. The summed E-state index contributed by atoms with van der Waals surface area (Å²) in [5, 5.41) is 28.4. The van der Waals surface area contributed by atoms with E-state index in [1.165, 1.54) is 6.20 Å². The van der Waals surface area contributed by atoms with E-state index >= 15 is 4.39 Å². The average Bonchev–Trinajstić information content (AvgIpc) is 3.23. The molecule has 1 aromatic heterocycles. The monoisotopic (exact) mass is 509 g/mol. The van der Waals surface area contributed by atoms with E-state index in [4.69, 9.17) is 23.2 Å². The van der Waals surface area contributed by atoms with Gasteiger partial charge in [-0.1, -0.05) is 28.4 Å². The first kappa shape index (κ1) is 23.3. The molecule has 0 radical (unpaired) electrons. The van der Waals surface area contributed by atoms with Gasteiger partial charge in [-0.2, -0.15) is 0 Å². The summed E-state index contributed by atoms with van der Waals surface area (Å²) in [6, 6.07) is 5.17. The lowest BCUT2D eigenvalue weighted by Gasteiger charge is -2.44. The van der Waals surface area contributed by atoms with Gasteiger partial charge in [0.25, 0.3) is 0 Å². The third kappa shape index (κ3) is 4.22. The van der Waals surface area contributed by atoms with Gasteiger partial charge < -0.3 is 10.2 Å². The van der Waals surface area contributed by atoms with Crippen molar-refractivity contribution in [2.45, 2.75) is 28.5 Å². The van der Waals surface area contributed by atoms with Gasteiger partial charge in [0.15, 0.2) is 17.5 Å². The van der Waals surface area contributed by atoms with Crippen molar-refractivity contribution >= 4 is 34.1 Å². The van der Waals surface area contributed by atoms with Crippen LogP contribution in [-0.2, 0) is 0 Å². The van der Waals surface area contributed by atoms with Crippen LogP contribution in [0, 0.1) is 17.5 Å². The van der Waals surface area contributed by atoms with Crippen molar-refractivity contribution in [1.82, 2.24) is 15.0 Å². The van der Waals surface area contributed by atoms with Gasteiger partial charge in [-0.15, -0.1) is 5.10 Å². The standard InChI is InChI=1S/C20H17Cl2F4N3O2S/c21-11-2-1-10(5-12(11)22)32-8-15(25)19(20(31)17(32)7-30)29-6-16(27-28-29)9-3-13(23)18(26)14(24)4-9/h1-6,15,17,19-20,30-32H,7-8H2/t15-,17+,19+,20-/m0/s1. The van der Waals surface area contributed by atoms with Crippen LogP contribution in [0.4, 0.5) is 17.6 Å². The molecule has 3 aromatic rings. The Morgan fingerprint density at radius 3 is 2.41 bits per heavy atom. The van der Waals surface area contributed by atoms with Gasteiger partial charge in [0, 0.05) is 16.6 Å². The van der Waals surface area contributed by atoms with E-state index < -0.39 is 58.5 Å². The summed E-state index contributed by atoms with van der Waals surface area (Å²) >= 11 is 12.0. The van der Waals surface area contributed by atoms with Crippen molar-refractivity contribution in [2.24, 2.45) is 0 Å². The zero-order valence-corrected chi connectivity index (χ0v) is 18.5. The highest BCUT2D eigenvalue weighted by Gasteiger charge is 2.45. The minimum absolute atomic E-state index is 0.00917. The first-order valence-corrected chi connectivity index (χ1v) is 11.8. The molecule has 0 saturated carbocycles. The SMILES string of the molecule is OC[C@@H]1[C@H](O)[C@H](n2cc(-c3cc(F)c(F)c(F)c3)nn2)[C@@H](F)C[SH]1c1ccc(Cl)c(Cl)c1. The normalized spacial score (nSPS) is 26.9. The minimum atomic E-state index is -1.62. The number of hydrogen-bond donors (Lipinski definition) is 3. The van der Waals surface area contributed by atoms with Crippen molar-refractivity contribution in [1.29, 1.82) is 0 Å². The van der Waals surface area contributed by atoms with E-state index in [1.807, 2.05) is 0 Å². The molecule has 5 atom stereocenters. The molecule has 0 aliphatic carbocycles. The highest BCUT2D eigenvalue weighted by Crippen LogP contribution is 2.51. The molecule has 2 aromatic carbocycles. The van der Waals surface area contributed by atoms with E-state index in [9.17, 15) is 23.4 Å². The molecule has 32 heavy (non-hydrogen) atoms. The molecule has 2 heterocycles. The zero-order valence-electron chi connectivity index (χ0n) is 16.1. The van der Waals surface area contributed by atoms with Crippen LogP contribution in [0.3, 0.4) is 0 Å². The maximum Gasteiger partial charge on any atom is 0.194 e. The van der Waals surface area contributed by atoms with Gasteiger partial charge in [-0.25, -0.2) is 33.1 Å². The van der Waals surface area contributed by atoms with Crippen molar-refractivity contribution in [3.63, 3.8) is 0 Å². The van der Waals surface area contributed by atoms with Crippen molar-refractivity contribution in [2.75, 3.05) is 12.4 Å². The molecular weight excluding hydrogens is 493 g/mol. The van der Waals surface area contributed by atoms with E-state index in [2.05, 4.69) is 10.3 Å². The fraction of sp³-hybridized carbons (Fsp3) is 0.300. The highest BCUT2D eigenvalue weighted by atomic mass is 35.5. The lowest BCUT2D eigenvalue weighted by Crippen LogP contribution is -2.48. The van der Waals surface area contributed by atoms with Gasteiger partial charge in [0.2, 0.25) is 0 Å².